The third kappa shape index (κ3) is 4.40. The monoisotopic (exact) mass is 221 g/mol. The molecule has 0 saturated carbocycles. The molecular formula is C12H19N3O. The molecule has 0 aromatic carbocycles. The van der Waals surface area contributed by atoms with Gasteiger partial charge in [-0.15, -0.1) is 0 Å². The molecule has 0 aliphatic carbocycles. The zero-order valence-corrected chi connectivity index (χ0v) is 10.1. The van der Waals surface area contributed by atoms with Gasteiger partial charge in [0.15, 0.2) is 0 Å². The molecule has 0 aliphatic rings. The lowest BCUT2D eigenvalue weighted by atomic mass is 10.2. The van der Waals surface area contributed by atoms with Crippen molar-refractivity contribution >= 4 is 11.6 Å². The van der Waals surface area contributed by atoms with Crippen molar-refractivity contribution in [3.63, 3.8) is 0 Å². The van der Waals surface area contributed by atoms with E-state index in [1.54, 1.807) is 12.4 Å². The maximum Gasteiger partial charge on any atom is 0.225 e. The third-order valence-corrected chi connectivity index (χ3v) is 2.20. The van der Waals surface area contributed by atoms with E-state index in [-0.39, 0.29) is 11.9 Å². The summed E-state index contributed by atoms with van der Waals surface area (Å²) in [6, 6.07) is 2.10. The highest BCUT2D eigenvalue weighted by atomic mass is 16.1. The van der Waals surface area contributed by atoms with E-state index in [0.717, 1.165) is 17.8 Å². The molecule has 16 heavy (non-hydrogen) atoms. The quantitative estimate of drug-likeness (QED) is 0.796. The number of nitrogens with one attached hydrogen (secondary N) is 2. The number of aryl methyl sites for hydroxylation is 1. The SMILES string of the molecule is CCNC(C)CC(=O)Nc1cncc(C)c1. The molecule has 1 aromatic heterocycles. The smallest absolute Gasteiger partial charge is 0.225 e. The summed E-state index contributed by atoms with van der Waals surface area (Å²) in [6.45, 7) is 6.85. The maximum atomic E-state index is 11.6. The molecule has 1 rings (SSSR count). The van der Waals surface area contributed by atoms with Crippen LogP contribution in [0.2, 0.25) is 0 Å². The molecular weight excluding hydrogens is 202 g/mol. The molecule has 88 valence electrons. The Labute approximate surface area is 96.5 Å². The predicted molar refractivity (Wildman–Crippen MR) is 65.4 cm³/mol. The van der Waals surface area contributed by atoms with E-state index >= 15 is 0 Å². The molecule has 0 fully saturated rings. The molecule has 1 aromatic rings. The van der Waals surface area contributed by atoms with Crippen LogP contribution in [0.4, 0.5) is 5.69 Å². The lowest BCUT2D eigenvalue weighted by molar-refractivity contribution is -0.116. The first-order chi connectivity index (χ1) is 7.61. The standard InChI is InChI=1S/C12H19N3O/c1-4-14-10(3)6-12(16)15-11-5-9(2)7-13-8-11/h5,7-8,10,14H,4,6H2,1-3H3,(H,15,16). The fourth-order valence-corrected chi connectivity index (χ4v) is 1.53. The van der Waals surface area contributed by atoms with E-state index in [4.69, 9.17) is 0 Å². The van der Waals surface area contributed by atoms with Crippen LogP contribution in [0.3, 0.4) is 0 Å². The Morgan fingerprint density at radius 1 is 1.50 bits per heavy atom. The Hall–Kier alpha value is -1.42. The van der Waals surface area contributed by atoms with Gasteiger partial charge in [-0.25, -0.2) is 0 Å². The largest absolute Gasteiger partial charge is 0.325 e. The van der Waals surface area contributed by atoms with Crippen LogP contribution in [-0.2, 0) is 4.79 Å². The lowest BCUT2D eigenvalue weighted by Crippen LogP contribution is -2.30. The van der Waals surface area contributed by atoms with Crippen LogP contribution in [0.15, 0.2) is 18.5 Å². The van der Waals surface area contributed by atoms with Gasteiger partial charge in [0.2, 0.25) is 5.91 Å². The first-order valence-electron chi connectivity index (χ1n) is 5.56. The van der Waals surface area contributed by atoms with Gasteiger partial charge in [-0.3, -0.25) is 9.78 Å². The molecule has 0 spiro atoms. The van der Waals surface area contributed by atoms with Crippen molar-refractivity contribution in [2.24, 2.45) is 0 Å². The number of carbonyl (C=O) groups excluding carboxylic acids is 1. The summed E-state index contributed by atoms with van der Waals surface area (Å²) in [4.78, 5) is 15.7. The average molecular weight is 221 g/mol. The minimum atomic E-state index is 0.0147. The van der Waals surface area contributed by atoms with E-state index in [0.29, 0.717) is 6.42 Å². The molecule has 1 atom stereocenters. The van der Waals surface area contributed by atoms with Gasteiger partial charge in [-0.05, 0) is 32.0 Å². The second-order valence-electron chi connectivity index (χ2n) is 3.96. The van der Waals surface area contributed by atoms with Gasteiger partial charge < -0.3 is 10.6 Å². The van der Waals surface area contributed by atoms with Gasteiger partial charge >= 0.3 is 0 Å². The van der Waals surface area contributed by atoms with Crippen molar-refractivity contribution < 1.29 is 4.79 Å². The van der Waals surface area contributed by atoms with Crippen LogP contribution in [0.1, 0.15) is 25.8 Å². The fraction of sp³-hybridized carbons (Fsp3) is 0.500. The third-order valence-electron chi connectivity index (χ3n) is 2.20. The van der Waals surface area contributed by atoms with Crippen molar-refractivity contribution in [1.29, 1.82) is 0 Å². The van der Waals surface area contributed by atoms with E-state index in [2.05, 4.69) is 15.6 Å². The summed E-state index contributed by atoms with van der Waals surface area (Å²) in [6.07, 6.45) is 3.89. The molecule has 2 N–H and O–H groups in total. The number of aromatic nitrogens is 1. The molecule has 1 unspecified atom stereocenters. The summed E-state index contributed by atoms with van der Waals surface area (Å²) in [7, 11) is 0. The second-order valence-corrected chi connectivity index (χ2v) is 3.96. The van der Waals surface area contributed by atoms with Gasteiger partial charge in [0.05, 0.1) is 11.9 Å². The van der Waals surface area contributed by atoms with E-state index < -0.39 is 0 Å². The predicted octanol–water partition coefficient (Wildman–Crippen LogP) is 1.72. The molecule has 0 bridgehead atoms. The zero-order chi connectivity index (χ0) is 12.0. The van der Waals surface area contributed by atoms with Crippen molar-refractivity contribution in [2.45, 2.75) is 33.2 Å². The van der Waals surface area contributed by atoms with Gasteiger partial charge in [-0.1, -0.05) is 6.92 Å². The van der Waals surface area contributed by atoms with Gasteiger partial charge in [0, 0.05) is 18.7 Å². The number of anilines is 1. The van der Waals surface area contributed by atoms with Crippen molar-refractivity contribution in [3.05, 3.63) is 24.0 Å². The number of carbonyl (C=O) groups is 1. The highest BCUT2D eigenvalue weighted by Gasteiger charge is 2.07. The summed E-state index contributed by atoms with van der Waals surface area (Å²) in [5.41, 5.74) is 1.80. The Kier molecular flexibility index (Phi) is 4.92. The van der Waals surface area contributed by atoms with Gasteiger partial charge in [-0.2, -0.15) is 0 Å². The Morgan fingerprint density at radius 2 is 2.25 bits per heavy atom. The van der Waals surface area contributed by atoms with Crippen LogP contribution < -0.4 is 10.6 Å². The van der Waals surface area contributed by atoms with Crippen LogP contribution in [-0.4, -0.2) is 23.5 Å². The number of amides is 1. The molecule has 4 nitrogen and oxygen atoms in total. The van der Waals surface area contributed by atoms with Crippen LogP contribution >= 0.6 is 0 Å². The molecule has 0 saturated heterocycles. The minimum absolute atomic E-state index is 0.0147. The van der Waals surface area contributed by atoms with Gasteiger partial charge in [0.25, 0.3) is 0 Å². The van der Waals surface area contributed by atoms with Gasteiger partial charge in [0.1, 0.15) is 0 Å². The highest BCUT2D eigenvalue weighted by Crippen LogP contribution is 2.07. The minimum Gasteiger partial charge on any atom is -0.325 e. The highest BCUT2D eigenvalue weighted by molar-refractivity contribution is 5.90. The van der Waals surface area contributed by atoms with Crippen LogP contribution in [0, 0.1) is 6.92 Å². The van der Waals surface area contributed by atoms with Crippen LogP contribution in [0.25, 0.3) is 0 Å². The Bertz CT molecular complexity index is 352. The molecule has 1 heterocycles. The fourth-order valence-electron chi connectivity index (χ4n) is 1.53. The number of pyridine rings is 1. The van der Waals surface area contributed by atoms with Crippen molar-refractivity contribution in [2.75, 3.05) is 11.9 Å². The average Bonchev–Trinajstić information content (AvgIpc) is 2.17. The van der Waals surface area contributed by atoms with Crippen LogP contribution in [0.5, 0.6) is 0 Å². The van der Waals surface area contributed by atoms with E-state index in [1.165, 1.54) is 0 Å². The number of hydrogen-bond donors (Lipinski definition) is 2. The van der Waals surface area contributed by atoms with Crippen molar-refractivity contribution in [3.8, 4) is 0 Å². The Balaban J connectivity index is 2.45. The summed E-state index contributed by atoms with van der Waals surface area (Å²) < 4.78 is 0. The number of nitrogens with zero attached hydrogens (tertiary/aromatic N) is 1. The normalized spacial score (nSPS) is 12.2. The second kappa shape index (κ2) is 6.23. The maximum absolute atomic E-state index is 11.6. The zero-order valence-electron chi connectivity index (χ0n) is 10.1. The van der Waals surface area contributed by atoms with E-state index in [1.807, 2.05) is 26.8 Å². The summed E-state index contributed by atoms with van der Waals surface area (Å²) in [5.74, 6) is 0.0147. The number of hydrogen-bond acceptors (Lipinski definition) is 3. The molecule has 0 radical (unpaired) electrons. The first-order valence-corrected chi connectivity index (χ1v) is 5.56. The first kappa shape index (κ1) is 12.6. The molecule has 0 aliphatic heterocycles. The Morgan fingerprint density at radius 3 is 2.88 bits per heavy atom. The number of rotatable bonds is 5. The van der Waals surface area contributed by atoms with E-state index in [9.17, 15) is 4.79 Å². The molecule has 4 heteroatoms. The summed E-state index contributed by atoms with van der Waals surface area (Å²) >= 11 is 0. The lowest BCUT2D eigenvalue weighted by Gasteiger charge is -2.12. The van der Waals surface area contributed by atoms with Crippen molar-refractivity contribution in [1.82, 2.24) is 10.3 Å². The molecule has 1 amide bonds. The summed E-state index contributed by atoms with van der Waals surface area (Å²) in [5, 5.41) is 6.03. The topological polar surface area (TPSA) is 54.0 Å².